The van der Waals surface area contributed by atoms with E-state index in [9.17, 15) is 14.4 Å². The normalized spacial score (nSPS) is 20.2. The molecule has 1 saturated carbocycles. The third-order valence-electron chi connectivity index (χ3n) is 4.90. The molecule has 134 valence electrons. The molecule has 2 amide bonds. The predicted molar refractivity (Wildman–Crippen MR) is 91.8 cm³/mol. The van der Waals surface area contributed by atoms with Gasteiger partial charge in [-0.15, -0.1) is 0 Å². The van der Waals surface area contributed by atoms with Gasteiger partial charge in [-0.25, -0.2) is 0 Å². The molecule has 6 heteroatoms. The lowest BCUT2D eigenvalue weighted by atomic mass is 9.95. The second-order valence-corrected chi connectivity index (χ2v) is 6.93. The van der Waals surface area contributed by atoms with Crippen molar-refractivity contribution in [2.24, 2.45) is 5.92 Å². The first-order valence-electron chi connectivity index (χ1n) is 8.88. The van der Waals surface area contributed by atoms with Crippen LogP contribution in [-0.4, -0.2) is 58.4 Å². The van der Waals surface area contributed by atoms with Crippen molar-refractivity contribution in [1.82, 2.24) is 9.80 Å². The van der Waals surface area contributed by atoms with Crippen LogP contribution in [0.5, 0.6) is 0 Å². The van der Waals surface area contributed by atoms with Crippen LogP contribution in [0.2, 0.25) is 0 Å². The largest absolute Gasteiger partial charge is 0.480 e. The molecule has 3 rings (SSSR count). The number of benzene rings is 1. The first kappa shape index (κ1) is 17.5. The number of aliphatic carboxylic acids is 1. The van der Waals surface area contributed by atoms with Crippen molar-refractivity contribution in [3.8, 4) is 0 Å². The highest BCUT2D eigenvalue weighted by molar-refractivity contribution is 5.85. The Balaban J connectivity index is 1.61. The van der Waals surface area contributed by atoms with E-state index in [-0.39, 0.29) is 30.3 Å². The lowest BCUT2D eigenvalue weighted by molar-refractivity contribution is -0.148. The molecule has 2 fully saturated rings. The lowest BCUT2D eigenvalue weighted by Gasteiger charge is -2.34. The van der Waals surface area contributed by atoms with Crippen LogP contribution in [0.3, 0.4) is 0 Å². The predicted octanol–water partition coefficient (Wildman–Crippen LogP) is 1.54. The average Bonchev–Trinajstić information content (AvgIpc) is 3.45. The zero-order valence-electron chi connectivity index (χ0n) is 14.3. The van der Waals surface area contributed by atoms with Gasteiger partial charge in [-0.05, 0) is 31.2 Å². The molecule has 1 aliphatic heterocycles. The zero-order valence-corrected chi connectivity index (χ0v) is 14.3. The van der Waals surface area contributed by atoms with E-state index in [1.54, 1.807) is 4.90 Å². The topological polar surface area (TPSA) is 77.9 Å². The summed E-state index contributed by atoms with van der Waals surface area (Å²) in [4.78, 5) is 39.6. The van der Waals surface area contributed by atoms with E-state index in [0.717, 1.165) is 31.2 Å². The number of carboxylic acids is 1. The van der Waals surface area contributed by atoms with Gasteiger partial charge in [0.1, 0.15) is 6.54 Å². The van der Waals surface area contributed by atoms with Crippen molar-refractivity contribution in [1.29, 1.82) is 0 Å². The minimum Gasteiger partial charge on any atom is -0.480 e. The summed E-state index contributed by atoms with van der Waals surface area (Å²) in [6.45, 7) is 0.823. The molecule has 1 aliphatic carbocycles. The minimum atomic E-state index is -0.979. The molecule has 0 radical (unpaired) electrons. The third-order valence-corrected chi connectivity index (χ3v) is 4.90. The van der Waals surface area contributed by atoms with E-state index in [1.165, 1.54) is 4.90 Å². The van der Waals surface area contributed by atoms with Crippen LogP contribution in [-0.2, 0) is 20.8 Å². The fourth-order valence-electron chi connectivity index (χ4n) is 3.44. The Morgan fingerprint density at radius 2 is 1.84 bits per heavy atom. The molecule has 1 unspecified atom stereocenters. The van der Waals surface area contributed by atoms with Gasteiger partial charge in [0.05, 0.1) is 12.3 Å². The van der Waals surface area contributed by atoms with E-state index in [1.807, 2.05) is 30.3 Å². The van der Waals surface area contributed by atoms with Gasteiger partial charge in [0.15, 0.2) is 0 Å². The molecule has 0 spiro atoms. The lowest BCUT2D eigenvalue weighted by Crippen LogP contribution is -2.48. The number of likely N-dealkylation sites (tertiary alicyclic amines) is 1. The summed E-state index contributed by atoms with van der Waals surface area (Å²) in [5, 5.41) is 9.05. The number of carbonyl (C=O) groups excluding carboxylic acids is 2. The smallest absolute Gasteiger partial charge is 0.323 e. The second kappa shape index (κ2) is 7.68. The fourth-order valence-corrected chi connectivity index (χ4v) is 3.44. The van der Waals surface area contributed by atoms with Crippen LogP contribution >= 0.6 is 0 Å². The molecular formula is C19H24N2O4. The Morgan fingerprint density at radius 3 is 2.48 bits per heavy atom. The van der Waals surface area contributed by atoms with Crippen LogP contribution in [0, 0.1) is 5.92 Å². The third kappa shape index (κ3) is 4.59. The number of carbonyl (C=O) groups is 3. The first-order valence-corrected chi connectivity index (χ1v) is 8.88. The molecular weight excluding hydrogens is 320 g/mol. The van der Waals surface area contributed by atoms with Gasteiger partial charge < -0.3 is 14.9 Å². The molecule has 1 atom stereocenters. The van der Waals surface area contributed by atoms with Gasteiger partial charge in [-0.2, -0.15) is 0 Å². The molecule has 2 aliphatic rings. The van der Waals surface area contributed by atoms with Crippen LogP contribution < -0.4 is 0 Å². The molecule has 1 saturated heterocycles. The quantitative estimate of drug-likeness (QED) is 0.849. The molecule has 1 heterocycles. The van der Waals surface area contributed by atoms with Gasteiger partial charge in [0.2, 0.25) is 11.8 Å². The Kier molecular flexibility index (Phi) is 5.36. The fraction of sp³-hybridized carbons (Fsp3) is 0.526. The van der Waals surface area contributed by atoms with Gasteiger partial charge in [-0.1, -0.05) is 30.3 Å². The zero-order chi connectivity index (χ0) is 17.8. The molecule has 1 aromatic carbocycles. The molecule has 0 bridgehead atoms. The first-order chi connectivity index (χ1) is 12.0. The Labute approximate surface area is 147 Å². The summed E-state index contributed by atoms with van der Waals surface area (Å²) < 4.78 is 0. The highest BCUT2D eigenvalue weighted by atomic mass is 16.4. The van der Waals surface area contributed by atoms with Crippen molar-refractivity contribution < 1.29 is 19.5 Å². The number of rotatable bonds is 6. The Hall–Kier alpha value is -2.37. The van der Waals surface area contributed by atoms with Crippen molar-refractivity contribution in [2.75, 3.05) is 19.6 Å². The molecule has 25 heavy (non-hydrogen) atoms. The maximum absolute atomic E-state index is 12.8. The maximum Gasteiger partial charge on any atom is 0.323 e. The summed E-state index contributed by atoms with van der Waals surface area (Å²) in [5.41, 5.74) is 0.964. The van der Waals surface area contributed by atoms with Crippen molar-refractivity contribution in [2.45, 2.75) is 38.1 Å². The number of hydrogen-bond donors (Lipinski definition) is 1. The van der Waals surface area contributed by atoms with E-state index >= 15 is 0 Å². The maximum atomic E-state index is 12.8. The number of hydrogen-bond acceptors (Lipinski definition) is 3. The summed E-state index contributed by atoms with van der Waals surface area (Å²) in [6.07, 6.45) is 3.59. The summed E-state index contributed by atoms with van der Waals surface area (Å²) in [6, 6.07) is 9.64. The second-order valence-electron chi connectivity index (χ2n) is 6.93. The number of amides is 2. The van der Waals surface area contributed by atoms with Crippen LogP contribution in [0.15, 0.2) is 30.3 Å². The van der Waals surface area contributed by atoms with Crippen LogP contribution in [0.25, 0.3) is 0 Å². The minimum absolute atomic E-state index is 0.0277. The standard InChI is InChI=1S/C19H24N2O4/c22-17(11-14-5-2-1-3-6-14)20-10-4-7-15(12-20)19(25)21(13-18(23)24)16-8-9-16/h1-3,5-6,15-16H,4,7-13H2,(H,23,24). The monoisotopic (exact) mass is 344 g/mol. The van der Waals surface area contributed by atoms with E-state index in [0.29, 0.717) is 19.5 Å². The van der Waals surface area contributed by atoms with Gasteiger partial charge >= 0.3 is 5.97 Å². The summed E-state index contributed by atoms with van der Waals surface area (Å²) in [5.74, 6) is -1.34. The average molecular weight is 344 g/mol. The Bertz CT molecular complexity index is 642. The number of nitrogens with zero attached hydrogens (tertiary/aromatic N) is 2. The van der Waals surface area contributed by atoms with E-state index in [4.69, 9.17) is 5.11 Å². The van der Waals surface area contributed by atoms with Crippen LogP contribution in [0.4, 0.5) is 0 Å². The SMILES string of the molecule is O=C(O)CN(C(=O)C1CCCN(C(=O)Cc2ccccc2)C1)C1CC1. The number of carboxylic acid groups (broad SMARTS) is 1. The molecule has 6 nitrogen and oxygen atoms in total. The Morgan fingerprint density at radius 1 is 1.12 bits per heavy atom. The summed E-state index contributed by atoms with van der Waals surface area (Å²) >= 11 is 0. The van der Waals surface area contributed by atoms with Crippen molar-refractivity contribution in [3.05, 3.63) is 35.9 Å². The highest BCUT2D eigenvalue weighted by Gasteiger charge is 2.38. The number of piperidine rings is 1. The van der Waals surface area contributed by atoms with Gasteiger partial charge in [-0.3, -0.25) is 14.4 Å². The van der Waals surface area contributed by atoms with Gasteiger partial charge in [0.25, 0.3) is 0 Å². The van der Waals surface area contributed by atoms with Crippen LogP contribution in [0.1, 0.15) is 31.2 Å². The van der Waals surface area contributed by atoms with E-state index < -0.39 is 5.97 Å². The molecule has 1 aromatic rings. The van der Waals surface area contributed by atoms with Crippen molar-refractivity contribution in [3.63, 3.8) is 0 Å². The molecule has 1 N–H and O–H groups in total. The molecule has 0 aromatic heterocycles. The van der Waals surface area contributed by atoms with E-state index in [2.05, 4.69) is 0 Å². The highest BCUT2D eigenvalue weighted by Crippen LogP contribution is 2.30. The summed E-state index contributed by atoms with van der Waals surface area (Å²) in [7, 11) is 0. The van der Waals surface area contributed by atoms with Gasteiger partial charge in [0, 0.05) is 19.1 Å². The van der Waals surface area contributed by atoms with Crippen molar-refractivity contribution >= 4 is 17.8 Å².